The van der Waals surface area contributed by atoms with Crippen molar-refractivity contribution >= 4 is 23.7 Å². The highest BCUT2D eigenvalue weighted by atomic mass is 32.1. The molecule has 2 amide bonds. The molecule has 2 unspecified atom stereocenters. The smallest absolute Gasteiger partial charge is 0.277 e. The maximum atomic E-state index is 11.6. The second-order valence-corrected chi connectivity index (χ2v) is 7.99. The molecular formula is C20H21N3O5S. The average Bonchev–Trinajstić information content (AvgIpc) is 3.12. The van der Waals surface area contributed by atoms with Gasteiger partial charge in [-0.15, -0.1) is 11.3 Å². The van der Waals surface area contributed by atoms with Gasteiger partial charge in [0.2, 0.25) is 6.41 Å². The fourth-order valence-electron chi connectivity index (χ4n) is 2.79. The number of aliphatic hydroxyl groups excluding tert-OH is 1. The Labute approximate surface area is 171 Å². The second kappa shape index (κ2) is 8.21. The van der Waals surface area contributed by atoms with Crippen LogP contribution in [0.25, 0.3) is 11.3 Å². The number of primary amides is 1. The molecule has 8 nitrogen and oxygen atoms in total. The van der Waals surface area contributed by atoms with Crippen LogP contribution < -0.4 is 10.5 Å². The third-order valence-corrected chi connectivity index (χ3v) is 5.71. The number of nitrogens with two attached hydrogens (primary N) is 1. The molecule has 4 N–H and O–H groups in total. The van der Waals surface area contributed by atoms with Crippen molar-refractivity contribution in [2.45, 2.75) is 25.0 Å². The van der Waals surface area contributed by atoms with Crippen molar-refractivity contribution in [2.75, 3.05) is 20.2 Å². The number of hydrogen-bond acceptors (Lipinski definition) is 7. The van der Waals surface area contributed by atoms with Crippen LogP contribution in [0.2, 0.25) is 0 Å². The van der Waals surface area contributed by atoms with Crippen LogP contribution in [-0.4, -0.2) is 58.7 Å². The Kier molecular flexibility index (Phi) is 5.88. The number of amides is 2. The quantitative estimate of drug-likeness (QED) is 0.488. The Bertz CT molecular complexity index is 1010. The molecule has 1 aromatic heterocycles. The van der Waals surface area contributed by atoms with Gasteiger partial charge in [0.25, 0.3) is 5.91 Å². The highest BCUT2D eigenvalue weighted by molar-refractivity contribution is 7.14. The number of ether oxygens (including phenoxy) is 1. The van der Waals surface area contributed by atoms with Crippen LogP contribution in [0.5, 0.6) is 5.75 Å². The maximum Gasteiger partial charge on any atom is 0.277 e. The molecule has 2 atom stereocenters. The molecule has 1 aromatic carbocycles. The van der Waals surface area contributed by atoms with Gasteiger partial charge in [0.15, 0.2) is 5.01 Å². The number of benzene rings is 1. The number of aromatic nitrogens is 1. The van der Waals surface area contributed by atoms with Crippen LogP contribution in [0, 0.1) is 11.8 Å². The first kappa shape index (κ1) is 20.8. The van der Waals surface area contributed by atoms with E-state index in [-0.39, 0.29) is 11.6 Å². The van der Waals surface area contributed by atoms with Gasteiger partial charge in [0, 0.05) is 31.1 Å². The van der Waals surface area contributed by atoms with Gasteiger partial charge in [-0.1, -0.05) is 11.8 Å². The lowest BCUT2D eigenvalue weighted by Gasteiger charge is -2.19. The van der Waals surface area contributed by atoms with Crippen molar-refractivity contribution in [3.8, 4) is 28.8 Å². The van der Waals surface area contributed by atoms with Crippen LogP contribution in [0.4, 0.5) is 0 Å². The van der Waals surface area contributed by atoms with Crippen LogP contribution in [0.1, 0.15) is 33.6 Å². The van der Waals surface area contributed by atoms with E-state index in [1.807, 2.05) is 0 Å². The van der Waals surface area contributed by atoms with Gasteiger partial charge in [0.05, 0.1) is 10.6 Å². The predicted octanol–water partition coefficient (Wildman–Crippen LogP) is 0.700. The molecule has 0 saturated heterocycles. The van der Waals surface area contributed by atoms with Crippen molar-refractivity contribution in [1.29, 1.82) is 0 Å². The highest BCUT2D eigenvalue weighted by Gasteiger charge is 2.36. The zero-order valence-corrected chi connectivity index (χ0v) is 16.8. The van der Waals surface area contributed by atoms with E-state index in [0.717, 1.165) is 11.3 Å². The Morgan fingerprint density at radius 3 is 3.00 bits per heavy atom. The van der Waals surface area contributed by atoms with Gasteiger partial charge in [-0.25, -0.2) is 4.98 Å². The van der Waals surface area contributed by atoms with E-state index >= 15 is 0 Å². The van der Waals surface area contributed by atoms with Crippen molar-refractivity contribution in [3.63, 3.8) is 0 Å². The number of carbonyl (C=O) groups excluding carboxylic acids is 2. The third kappa shape index (κ3) is 4.56. The summed E-state index contributed by atoms with van der Waals surface area (Å²) >= 11 is 1.04. The number of nitrogens with zero attached hydrogens (tertiary/aromatic N) is 2. The molecule has 3 rings (SSSR count). The standard InChI is InChI=1S/C20H21N3O5S/c1-20(27)10-28-15-6-4-12(3-5-13(25)7-8-23(2)11-24)9-14(15)16-17(20)29-19(22-16)18(21)26/h4,6,9,11,13,25,27H,7-8,10H2,1-2H3,(H2,21,26). The minimum atomic E-state index is -1.33. The summed E-state index contributed by atoms with van der Waals surface area (Å²) in [7, 11) is 1.63. The van der Waals surface area contributed by atoms with Crippen molar-refractivity contribution in [1.82, 2.24) is 9.88 Å². The molecule has 152 valence electrons. The molecule has 0 saturated carbocycles. The number of aliphatic hydroxyl groups is 2. The Morgan fingerprint density at radius 1 is 1.55 bits per heavy atom. The van der Waals surface area contributed by atoms with Crippen molar-refractivity contribution in [2.24, 2.45) is 5.73 Å². The van der Waals surface area contributed by atoms with Crippen molar-refractivity contribution < 1.29 is 24.5 Å². The summed E-state index contributed by atoms with van der Waals surface area (Å²) in [5.74, 6) is 5.48. The number of thiazole rings is 1. The van der Waals surface area contributed by atoms with Gasteiger partial charge in [-0.05, 0) is 25.1 Å². The first-order chi connectivity index (χ1) is 13.7. The van der Waals surface area contributed by atoms with Gasteiger partial charge in [-0.2, -0.15) is 0 Å². The van der Waals surface area contributed by atoms with E-state index in [1.54, 1.807) is 32.2 Å². The fraction of sp³-hybridized carbons (Fsp3) is 0.350. The molecule has 0 bridgehead atoms. The topological polar surface area (TPSA) is 126 Å². The average molecular weight is 415 g/mol. The number of hydrogen-bond donors (Lipinski definition) is 3. The molecule has 0 radical (unpaired) electrons. The molecule has 2 aromatic rings. The zero-order chi connectivity index (χ0) is 21.2. The van der Waals surface area contributed by atoms with Crippen molar-refractivity contribution in [3.05, 3.63) is 33.6 Å². The molecule has 0 fully saturated rings. The van der Waals surface area contributed by atoms with Gasteiger partial charge in [0.1, 0.15) is 24.1 Å². The minimum absolute atomic E-state index is 0.00137. The van der Waals surface area contributed by atoms with E-state index in [9.17, 15) is 19.8 Å². The Hall–Kier alpha value is -2.93. The lowest BCUT2D eigenvalue weighted by Crippen LogP contribution is -2.27. The fourth-order valence-corrected chi connectivity index (χ4v) is 3.75. The first-order valence-corrected chi connectivity index (χ1v) is 9.69. The molecule has 1 aliphatic rings. The molecule has 29 heavy (non-hydrogen) atoms. The summed E-state index contributed by atoms with van der Waals surface area (Å²) in [5, 5.41) is 20.8. The van der Waals surface area contributed by atoms with Gasteiger partial charge >= 0.3 is 0 Å². The lowest BCUT2D eigenvalue weighted by atomic mass is 10.0. The highest BCUT2D eigenvalue weighted by Crippen LogP contribution is 2.43. The third-order valence-electron chi connectivity index (χ3n) is 4.39. The first-order valence-electron chi connectivity index (χ1n) is 8.87. The molecule has 0 aliphatic carbocycles. The van der Waals surface area contributed by atoms with E-state index in [4.69, 9.17) is 10.5 Å². The summed E-state index contributed by atoms with van der Waals surface area (Å²) < 4.78 is 5.73. The zero-order valence-electron chi connectivity index (χ0n) is 16.0. The van der Waals surface area contributed by atoms with E-state index in [2.05, 4.69) is 16.8 Å². The lowest BCUT2D eigenvalue weighted by molar-refractivity contribution is -0.117. The summed E-state index contributed by atoms with van der Waals surface area (Å²) in [6, 6.07) is 5.18. The summed E-state index contributed by atoms with van der Waals surface area (Å²) in [6.45, 7) is 1.99. The van der Waals surface area contributed by atoms with Crippen LogP contribution in [0.15, 0.2) is 18.2 Å². The molecular weight excluding hydrogens is 394 g/mol. The largest absolute Gasteiger partial charge is 0.489 e. The van der Waals surface area contributed by atoms with Crippen LogP contribution in [-0.2, 0) is 10.4 Å². The number of rotatable bonds is 5. The minimum Gasteiger partial charge on any atom is -0.489 e. The number of carbonyl (C=O) groups is 2. The maximum absolute atomic E-state index is 11.6. The monoisotopic (exact) mass is 415 g/mol. The SMILES string of the molecule is CN(C=O)CCC(O)C#Cc1ccc2c(c1)-c1nc(C(N)=O)sc1C(C)(O)CO2. The summed E-state index contributed by atoms with van der Waals surface area (Å²) in [6.07, 6.45) is 0.134. The van der Waals surface area contributed by atoms with Gasteiger partial charge in [-0.3, -0.25) is 9.59 Å². The Morgan fingerprint density at radius 2 is 2.31 bits per heavy atom. The summed E-state index contributed by atoms with van der Waals surface area (Å²) in [4.78, 5) is 28.4. The number of fused-ring (bicyclic) bond motifs is 3. The molecule has 0 spiro atoms. The molecule has 9 heteroatoms. The normalized spacial score (nSPS) is 18.2. The van der Waals surface area contributed by atoms with Gasteiger partial charge < -0.3 is 25.6 Å². The van der Waals surface area contributed by atoms with E-state index < -0.39 is 17.6 Å². The Balaban J connectivity index is 1.94. The van der Waals surface area contributed by atoms with E-state index in [0.29, 0.717) is 46.8 Å². The van der Waals surface area contributed by atoms with Crippen LogP contribution in [0.3, 0.4) is 0 Å². The second-order valence-electron chi connectivity index (χ2n) is 6.99. The molecule has 2 heterocycles. The molecule has 1 aliphatic heterocycles. The van der Waals surface area contributed by atoms with Crippen LogP contribution >= 0.6 is 11.3 Å². The summed E-state index contributed by atoms with van der Waals surface area (Å²) in [5.41, 5.74) is 5.66. The van der Waals surface area contributed by atoms with E-state index in [1.165, 1.54) is 4.90 Å². The predicted molar refractivity (Wildman–Crippen MR) is 107 cm³/mol.